The smallest absolute Gasteiger partial charge is 0.131 e. The van der Waals surface area contributed by atoms with E-state index in [0.717, 1.165) is 24.8 Å². The summed E-state index contributed by atoms with van der Waals surface area (Å²) in [4.78, 5) is 7.00. The summed E-state index contributed by atoms with van der Waals surface area (Å²) < 4.78 is 0. The highest BCUT2D eigenvalue weighted by Gasteiger charge is 2.20. The van der Waals surface area contributed by atoms with E-state index < -0.39 is 0 Å². The Morgan fingerprint density at radius 2 is 2.05 bits per heavy atom. The van der Waals surface area contributed by atoms with Crippen LogP contribution in [0.5, 0.6) is 0 Å². The van der Waals surface area contributed by atoms with E-state index in [4.69, 9.17) is 0 Å². The first-order valence-electron chi connectivity index (χ1n) is 7.77. The van der Waals surface area contributed by atoms with Crippen LogP contribution in [-0.4, -0.2) is 24.1 Å². The Hall–Kier alpha value is -1.09. The fourth-order valence-corrected chi connectivity index (χ4v) is 2.64. The average Bonchev–Trinajstić information content (AvgIpc) is 2.30. The Bertz CT molecular complexity index is 444. The van der Waals surface area contributed by atoms with Gasteiger partial charge in [0.2, 0.25) is 0 Å². The minimum absolute atomic E-state index is 0.146. The van der Waals surface area contributed by atoms with Crippen molar-refractivity contribution >= 4 is 5.82 Å². The zero-order valence-electron chi connectivity index (χ0n) is 13.7. The molecule has 1 aromatic rings. The van der Waals surface area contributed by atoms with Gasteiger partial charge in [0.1, 0.15) is 5.82 Å². The van der Waals surface area contributed by atoms with Gasteiger partial charge in [-0.25, -0.2) is 4.98 Å². The summed E-state index contributed by atoms with van der Waals surface area (Å²) in [5, 5.41) is 3.51. The number of nitrogens with zero attached hydrogens (tertiary/aromatic N) is 2. The normalized spacial score (nSPS) is 16.1. The van der Waals surface area contributed by atoms with Gasteiger partial charge in [-0.15, -0.1) is 0 Å². The second-order valence-corrected chi connectivity index (χ2v) is 7.27. The van der Waals surface area contributed by atoms with Crippen molar-refractivity contribution in [1.82, 2.24) is 10.3 Å². The van der Waals surface area contributed by atoms with Crippen molar-refractivity contribution in [2.75, 3.05) is 18.5 Å². The lowest BCUT2D eigenvalue weighted by Crippen LogP contribution is -2.35. The predicted octanol–water partition coefficient (Wildman–Crippen LogP) is 3.51. The summed E-state index contributed by atoms with van der Waals surface area (Å²) in [6.07, 6.45) is 6.19. The third-order valence-corrected chi connectivity index (χ3v) is 4.05. The van der Waals surface area contributed by atoms with E-state index >= 15 is 0 Å². The molecule has 3 heteroatoms. The van der Waals surface area contributed by atoms with Gasteiger partial charge in [0.15, 0.2) is 0 Å². The van der Waals surface area contributed by atoms with E-state index in [-0.39, 0.29) is 5.54 Å². The Kier molecular flexibility index (Phi) is 4.69. The van der Waals surface area contributed by atoms with E-state index in [9.17, 15) is 0 Å². The Labute approximate surface area is 123 Å². The number of nitrogens with one attached hydrogen (secondary N) is 1. The lowest BCUT2D eigenvalue weighted by atomic mass is 9.85. The number of anilines is 1. The summed E-state index contributed by atoms with van der Waals surface area (Å²) >= 11 is 0. The van der Waals surface area contributed by atoms with Crippen LogP contribution in [0.15, 0.2) is 12.3 Å². The Balaban J connectivity index is 1.97. The lowest BCUT2D eigenvalue weighted by Gasteiger charge is -2.31. The van der Waals surface area contributed by atoms with Crippen molar-refractivity contribution in [3.63, 3.8) is 0 Å². The molecule has 20 heavy (non-hydrogen) atoms. The van der Waals surface area contributed by atoms with Gasteiger partial charge >= 0.3 is 0 Å². The molecule has 1 heterocycles. The number of aromatic nitrogens is 1. The molecule has 1 aliphatic carbocycles. The van der Waals surface area contributed by atoms with Crippen LogP contribution in [0.4, 0.5) is 5.82 Å². The molecular weight excluding hydrogens is 246 g/mol. The monoisotopic (exact) mass is 275 g/mol. The number of pyridine rings is 1. The maximum Gasteiger partial charge on any atom is 0.131 e. The molecule has 0 saturated heterocycles. The molecule has 1 aromatic heterocycles. The van der Waals surface area contributed by atoms with Crippen molar-refractivity contribution in [1.29, 1.82) is 0 Å². The van der Waals surface area contributed by atoms with E-state index in [1.165, 1.54) is 30.4 Å². The third kappa shape index (κ3) is 4.20. The number of rotatable bonds is 5. The van der Waals surface area contributed by atoms with E-state index in [1.54, 1.807) is 0 Å². The molecule has 2 rings (SSSR count). The summed E-state index contributed by atoms with van der Waals surface area (Å²) in [5.74, 6) is 2.01. The average molecular weight is 275 g/mol. The molecule has 0 amide bonds. The van der Waals surface area contributed by atoms with Crippen LogP contribution in [0.2, 0.25) is 0 Å². The van der Waals surface area contributed by atoms with Gasteiger partial charge in [0.05, 0.1) is 0 Å². The van der Waals surface area contributed by atoms with Gasteiger partial charge < -0.3 is 10.2 Å². The largest absolute Gasteiger partial charge is 0.359 e. The second-order valence-electron chi connectivity index (χ2n) is 7.27. The SMILES string of the molecule is Cc1cc(CNC(C)(C)C)cnc1N(C)CC1CCC1. The van der Waals surface area contributed by atoms with Crippen LogP contribution in [0.1, 0.15) is 51.2 Å². The molecule has 0 atom stereocenters. The zero-order chi connectivity index (χ0) is 14.8. The molecule has 0 unspecified atom stereocenters. The maximum atomic E-state index is 4.68. The summed E-state index contributed by atoms with van der Waals surface area (Å²) in [6.45, 7) is 10.8. The summed E-state index contributed by atoms with van der Waals surface area (Å²) in [7, 11) is 2.17. The highest BCUT2D eigenvalue weighted by molar-refractivity contribution is 5.46. The molecule has 0 aromatic carbocycles. The third-order valence-electron chi connectivity index (χ3n) is 4.05. The van der Waals surface area contributed by atoms with Gasteiger partial charge in [-0.05, 0) is 63.6 Å². The van der Waals surface area contributed by atoms with Crippen molar-refractivity contribution in [2.45, 2.75) is 59.0 Å². The fourth-order valence-electron chi connectivity index (χ4n) is 2.64. The molecule has 1 aliphatic rings. The minimum Gasteiger partial charge on any atom is -0.359 e. The van der Waals surface area contributed by atoms with Gasteiger partial charge in [0, 0.05) is 31.9 Å². The number of aryl methyl sites for hydroxylation is 1. The molecule has 112 valence electrons. The molecule has 1 N–H and O–H groups in total. The quantitative estimate of drug-likeness (QED) is 0.891. The van der Waals surface area contributed by atoms with Gasteiger partial charge in [-0.1, -0.05) is 6.42 Å². The van der Waals surface area contributed by atoms with Crippen LogP contribution in [-0.2, 0) is 6.54 Å². The van der Waals surface area contributed by atoms with E-state index in [2.05, 4.69) is 56.0 Å². The van der Waals surface area contributed by atoms with E-state index in [0.29, 0.717) is 0 Å². The minimum atomic E-state index is 0.146. The highest BCUT2D eigenvalue weighted by atomic mass is 15.2. The number of hydrogen-bond acceptors (Lipinski definition) is 3. The molecular formula is C17H29N3. The topological polar surface area (TPSA) is 28.2 Å². The van der Waals surface area contributed by atoms with Crippen LogP contribution >= 0.6 is 0 Å². The Morgan fingerprint density at radius 3 is 2.55 bits per heavy atom. The summed E-state index contributed by atoms with van der Waals surface area (Å²) in [6, 6.07) is 2.26. The highest BCUT2D eigenvalue weighted by Crippen LogP contribution is 2.28. The first-order valence-corrected chi connectivity index (χ1v) is 7.77. The fraction of sp³-hybridized carbons (Fsp3) is 0.706. The number of hydrogen-bond donors (Lipinski definition) is 1. The van der Waals surface area contributed by atoms with Crippen LogP contribution in [0.3, 0.4) is 0 Å². The van der Waals surface area contributed by atoms with E-state index in [1.807, 2.05) is 6.20 Å². The molecule has 0 spiro atoms. The molecule has 3 nitrogen and oxygen atoms in total. The molecule has 1 saturated carbocycles. The summed E-state index contributed by atoms with van der Waals surface area (Å²) in [5.41, 5.74) is 2.69. The Morgan fingerprint density at radius 1 is 1.35 bits per heavy atom. The van der Waals surface area contributed by atoms with Crippen molar-refractivity contribution in [3.05, 3.63) is 23.4 Å². The first-order chi connectivity index (χ1) is 9.35. The van der Waals surface area contributed by atoms with Crippen LogP contribution in [0, 0.1) is 12.8 Å². The molecule has 0 aliphatic heterocycles. The molecule has 0 bridgehead atoms. The maximum absolute atomic E-state index is 4.68. The second kappa shape index (κ2) is 6.13. The van der Waals surface area contributed by atoms with Gasteiger partial charge in [-0.3, -0.25) is 0 Å². The zero-order valence-corrected chi connectivity index (χ0v) is 13.7. The predicted molar refractivity (Wildman–Crippen MR) is 86.2 cm³/mol. The lowest BCUT2D eigenvalue weighted by molar-refractivity contribution is 0.321. The van der Waals surface area contributed by atoms with Gasteiger partial charge in [-0.2, -0.15) is 0 Å². The van der Waals surface area contributed by atoms with Crippen molar-refractivity contribution in [3.8, 4) is 0 Å². The van der Waals surface area contributed by atoms with Crippen LogP contribution in [0.25, 0.3) is 0 Å². The van der Waals surface area contributed by atoms with Crippen molar-refractivity contribution in [2.24, 2.45) is 5.92 Å². The molecule has 1 fully saturated rings. The van der Waals surface area contributed by atoms with Gasteiger partial charge in [0.25, 0.3) is 0 Å². The standard InChI is InChI=1S/C17H29N3/c1-13-9-15(11-19-17(2,3)4)10-18-16(13)20(5)12-14-7-6-8-14/h9-10,14,19H,6-8,11-12H2,1-5H3. The first kappa shape index (κ1) is 15.3. The van der Waals surface area contributed by atoms with Crippen molar-refractivity contribution < 1.29 is 0 Å². The van der Waals surface area contributed by atoms with Crippen LogP contribution < -0.4 is 10.2 Å². The molecule has 0 radical (unpaired) electrons.